The average Bonchev–Trinajstić information content (AvgIpc) is 2.96. The van der Waals surface area contributed by atoms with E-state index in [1.54, 1.807) is 19.3 Å². The number of hydrogen-bond acceptors (Lipinski definition) is 5. The van der Waals surface area contributed by atoms with Gasteiger partial charge in [0.05, 0.1) is 21.2 Å². The molecule has 1 aliphatic rings. The summed E-state index contributed by atoms with van der Waals surface area (Å²) in [6.45, 7) is 3.42. The molecule has 0 aliphatic carbocycles. The summed E-state index contributed by atoms with van der Waals surface area (Å²) in [7, 11) is 1.51. The molecule has 3 rings (SSSR count). The quantitative estimate of drug-likeness (QED) is 0.690. The Morgan fingerprint density at radius 2 is 2.36 bits per heavy atom. The average molecular weight is 433 g/mol. The standard InChI is InChI=1S/C16H22BrN5O2.ClH/c1-9(24-2)16(23)21-12-7-20-15-13(12)14(11(17)6-19-15)22-5-3-4-10(18)8-22;/h6-7,9-10H,3-5,8,18H2,1-2H3,(H,19,20)(H,21,23);1H/t9-,10+;/m0./s1. The monoisotopic (exact) mass is 431 g/mol. The highest BCUT2D eigenvalue weighted by Gasteiger charge is 2.24. The van der Waals surface area contributed by atoms with Crippen molar-refractivity contribution in [3.8, 4) is 0 Å². The summed E-state index contributed by atoms with van der Waals surface area (Å²) in [6.07, 6.45) is 5.09. The second kappa shape index (κ2) is 8.35. The van der Waals surface area contributed by atoms with Crippen LogP contribution < -0.4 is 16.0 Å². The van der Waals surface area contributed by atoms with E-state index in [1.165, 1.54) is 7.11 Å². The highest BCUT2D eigenvalue weighted by atomic mass is 79.9. The molecular formula is C16H23BrClN5O2. The van der Waals surface area contributed by atoms with Crippen molar-refractivity contribution in [1.82, 2.24) is 9.97 Å². The lowest BCUT2D eigenvalue weighted by atomic mass is 10.1. The van der Waals surface area contributed by atoms with Gasteiger partial charge in [0, 0.05) is 38.6 Å². The van der Waals surface area contributed by atoms with E-state index in [2.05, 4.69) is 36.1 Å². The number of piperidine rings is 1. The van der Waals surface area contributed by atoms with Gasteiger partial charge in [-0.3, -0.25) is 4.79 Å². The lowest BCUT2D eigenvalue weighted by Gasteiger charge is -2.33. The summed E-state index contributed by atoms with van der Waals surface area (Å²) >= 11 is 3.60. The Hall–Kier alpha value is -1.35. The summed E-state index contributed by atoms with van der Waals surface area (Å²) in [5, 5.41) is 3.80. The van der Waals surface area contributed by atoms with Crippen LogP contribution in [0.4, 0.5) is 11.4 Å². The highest BCUT2D eigenvalue weighted by Crippen LogP contribution is 2.38. The minimum atomic E-state index is -0.526. The minimum Gasteiger partial charge on any atom is -0.372 e. The van der Waals surface area contributed by atoms with Gasteiger partial charge in [0.25, 0.3) is 5.91 Å². The zero-order valence-electron chi connectivity index (χ0n) is 14.2. The fourth-order valence-corrected chi connectivity index (χ4v) is 3.57. The van der Waals surface area contributed by atoms with Gasteiger partial charge >= 0.3 is 0 Å². The van der Waals surface area contributed by atoms with Gasteiger partial charge in [-0.25, -0.2) is 4.98 Å². The first kappa shape index (κ1) is 20.0. The number of halogens is 2. The molecule has 0 radical (unpaired) electrons. The molecule has 25 heavy (non-hydrogen) atoms. The first-order chi connectivity index (χ1) is 11.5. The molecule has 0 spiro atoms. The Labute approximate surface area is 161 Å². The van der Waals surface area contributed by atoms with Gasteiger partial charge in [-0.2, -0.15) is 0 Å². The number of anilines is 2. The number of ether oxygens (including phenoxy) is 1. The number of nitrogens with two attached hydrogens (primary N) is 1. The van der Waals surface area contributed by atoms with Crippen LogP contribution in [0.2, 0.25) is 0 Å². The predicted octanol–water partition coefficient (Wildman–Crippen LogP) is 2.65. The summed E-state index contributed by atoms with van der Waals surface area (Å²) in [5.41, 5.74) is 8.58. The molecule has 0 saturated carbocycles. The van der Waals surface area contributed by atoms with Crippen molar-refractivity contribution in [3.05, 3.63) is 16.9 Å². The molecule has 138 valence electrons. The number of aromatic amines is 1. The number of hydrogen-bond donors (Lipinski definition) is 3. The molecule has 0 aromatic carbocycles. The van der Waals surface area contributed by atoms with E-state index < -0.39 is 6.10 Å². The lowest BCUT2D eigenvalue weighted by molar-refractivity contribution is -0.124. The predicted molar refractivity (Wildman–Crippen MR) is 106 cm³/mol. The Morgan fingerprint density at radius 3 is 3.04 bits per heavy atom. The van der Waals surface area contributed by atoms with Crippen molar-refractivity contribution >= 4 is 56.7 Å². The number of amides is 1. The molecule has 2 aromatic heterocycles. The van der Waals surface area contributed by atoms with Crippen molar-refractivity contribution in [3.63, 3.8) is 0 Å². The van der Waals surface area contributed by atoms with E-state index in [9.17, 15) is 4.79 Å². The van der Waals surface area contributed by atoms with Crippen LogP contribution in [-0.2, 0) is 9.53 Å². The van der Waals surface area contributed by atoms with E-state index in [0.717, 1.165) is 47.1 Å². The Morgan fingerprint density at radius 1 is 1.60 bits per heavy atom. The smallest absolute Gasteiger partial charge is 0.253 e. The van der Waals surface area contributed by atoms with Crippen LogP contribution in [-0.4, -0.2) is 48.2 Å². The van der Waals surface area contributed by atoms with Crippen molar-refractivity contribution in [2.45, 2.75) is 31.9 Å². The number of carbonyl (C=O) groups is 1. The number of carbonyl (C=O) groups excluding carboxylic acids is 1. The van der Waals surface area contributed by atoms with Gasteiger partial charge < -0.3 is 25.7 Å². The Bertz CT molecular complexity index is 753. The molecule has 4 N–H and O–H groups in total. The van der Waals surface area contributed by atoms with Crippen molar-refractivity contribution in [2.75, 3.05) is 30.4 Å². The van der Waals surface area contributed by atoms with Crippen molar-refractivity contribution in [1.29, 1.82) is 0 Å². The van der Waals surface area contributed by atoms with Gasteiger partial charge in [0.2, 0.25) is 0 Å². The second-order valence-corrected chi connectivity index (χ2v) is 6.95. The van der Waals surface area contributed by atoms with Crippen LogP contribution in [0.15, 0.2) is 16.9 Å². The summed E-state index contributed by atoms with van der Waals surface area (Å²) in [5.74, 6) is -0.195. The SMILES string of the molecule is CO[C@@H](C)C(=O)Nc1c[nH]c2ncc(Br)c(N3CCC[C@@H](N)C3)c12.Cl. The molecule has 1 fully saturated rings. The molecular weight excluding hydrogens is 410 g/mol. The molecule has 0 unspecified atom stereocenters. The van der Waals surface area contributed by atoms with Gasteiger partial charge in [-0.15, -0.1) is 12.4 Å². The molecule has 2 aromatic rings. The van der Waals surface area contributed by atoms with Crippen LogP contribution in [0.25, 0.3) is 11.0 Å². The summed E-state index contributed by atoms with van der Waals surface area (Å²) < 4.78 is 5.97. The molecule has 3 heterocycles. The van der Waals surface area contributed by atoms with Crippen LogP contribution in [0.1, 0.15) is 19.8 Å². The molecule has 1 aliphatic heterocycles. The third-order valence-corrected chi connectivity index (χ3v) is 4.96. The van der Waals surface area contributed by atoms with Crippen LogP contribution in [0, 0.1) is 0 Å². The third kappa shape index (κ3) is 4.08. The van der Waals surface area contributed by atoms with Gasteiger partial charge in [0.15, 0.2) is 0 Å². The highest BCUT2D eigenvalue weighted by molar-refractivity contribution is 9.10. The number of nitrogens with zero attached hydrogens (tertiary/aromatic N) is 2. The largest absolute Gasteiger partial charge is 0.372 e. The maximum Gasteiger partial charge on any atom is 0.253 e. The normalized spacial score (nSPS) is 18.7. The maximum atomic E-state index is 12.2. The number of H-pyrrole nitrogens is 1. The summed E-state index contributed by atoms with van der Waals surface area (Å²) in [6, 6.07) is 0.152. The molecule has 0 bridgehead atoms. The maximum absolute atomic E-state index is 12.2. The van der Waals surface area contributed by atoms with Crippen molar-refractivity contribution < 1.29 is 9.53 Å². The Kier molecular flexibility index (Phi) is 6.67. The zero-order chi connectivity index (χ0) is 17.3. The first-order valence-electron chi connectivity index (χ1n) is 8.01. The number of aromatic nitrogens is 2. The molecule has 9 heteroatoms. The lowest BCUT2D eigenvalue weighted by Crippen LogP contribution is -2.43. The summed E-state index contributed by atoms with van der Waals surface area (Å²) in [4.78, 5) is 22.0. The van der Waals surface area contributed by atoms with Gasteiger partial charge in [-0.1, -0.05) is 0 Å². The number of nitrogens with one attached hydrogen (secondary N) is 2. The second-order valence-electron chi connectivity index (χ2n) is 6.10. The molecule has 1 saturated heterocycles. The third-order valence-electron chi connectivity index (χ3n) is 4.38. The molecule has 7 nitrogen and oxygen atoms in total. The van der Waals surface area contributed by atoms with E-state index in [-0.39, 0.29) is 24.4 Å². The van der Waals surface area contributed by atoms with Gasteiger partial charge in [0.1, 0.15) is 11.8 Å². The van der Waals surface area contributed by atoms with Crippen LogP contribution in [0.5, 0.6) is 0 Å². The number of rotatable bonds is 4. The number of fused-ring (bicyclic) bond motifs is 1. The fraction of sp³-hybridized carbons (Fsp3) is 0.500. The van der Waals surface area contributed by atoms with E-state index >= 15 is 0 Å². The first-order valence-corrected chi connectivity index (χ1v) is 8.80. The zero-order valence-corrected chi connectivity index (χ0v) is 16.6. The van der Waals surface area contributed by atoms with Crippen LogP contribution >= 0.6 is 28.3 Å². The molecule has 1 amide bonds. The number of methoxy groups -OCH3 is 1. The Balaban J connectivity index is 0.00000225. The topological polar surface area (TPSA) is 96.3 Å². The van der Waals surface area contributed by atoms with E-state index in [1.807, 2.05) is 0 Å². The van der Waals surface area contributed by atoms with Gasteiger partial charge in [-0.05, 0) is 35.7 Å². The van der Waals surface area contributed by atoms with Crippen molar-refractivity contribution in [2.24, 2.45) is 5.73 Å². The minimum absolute atomic E-state index is 0. The van der Waals surface area contributed by atoms with E-state index in [0.29, 0.717) is 5.69 Å². The van der Waals surface area contributed by atoms with E-state index in [4.69, 9.17) is 10.5 Å². The van der Waals surface area contributed by atoms with Crippen LogP contribution in [0.3, 0.4) is 0 Å². The fourth-order valence-electron chi connectivity index (χ4n) is 3.02. The number of pyridine rings is 1. The molecule has 2 atom stereocenters.